The van der Waals surface area contributed by atoms with E-state index in [4.69, 9.17) is 11.6 Å². The lowest BCUT2D eigenvalue weighted by atomic mass is 10.0. The maximum atomic E-state index is 11.8. The van der Waals surface area contributed by atoms with E-state index in [1.807, 2.05) is 13.8 Å². The fourth-order valence-corrected chi connectivity index (χ4v) is 1.77. The van der Waals surface area contributed by atoms with Crippen LogP contribution in [-0.2, 0) is 0 Å². The van der Waals surface area contributed by atoms with Gasteiger partial charge in [-0.25, -0.2) is 0 Å². The molecule has 1 N–H and O–H groups in total. The number of nitrogens with one attached hydrogen (secondary N) is 1. The number of aromatic nitrogens is 1. The number of carbonyl (C=O) groups is 2. The van der Waals surface area contributed by atoms with Crippen LogP contribution in [0, 0.1) is 0 Å². The van der Waals surface area contributed by atoms with Gasteiger partial charge in [-0.05, 0) is 36.4 Å². The number of Topliss-reactive ketones (excluding diaryl/α,β-unsaturated/α-hetero) is 2. The lowest BCUT2D eigenvalue weighted by Crippen LogP contribution is -2.05. The van der Waals surface area contributed by atoms with Crippen molar-refractivity contribution in [2.45, 2.75) is 26.7 Å². The molecule has 0 aliphatic heterocycles. The zero-order valence-corrected chi connectivity index (χ0v) is 12.4. The molecule has 0 bridgehead atoms. The van der Waals surface area contributed by atoms with Gasteiger partial charge in [-0.15, -0.1) is 0 Å². The van der Waals surface area contributed by atoms with E-state index < -0.39 is 0 Å². The van der Waals surface area contributed by atoms with Crippen molar-refractivity contribution < 1.29 is 9.59 Å². The Morgan fingerprint density at radius 3 is 2.15 bits per heavy atom. The van der Waals surface area contributed by atoms with Crippen LogP contribution in [0.3, 0.4) is 0 Å². The highest BCUT2D eigenvalue weighted by molar-refractivity contribution is 6.30. The number of halogens is 1. The first-order chi connectivity index (χ1) is 9.66. The minimum atomic E-state index is -0.0534. The van der Waals surface area contributed by atoms with E-state index in [0.717, 1.165) is 0 Å². The second kappa shape index (κ2) is 8.33. The average molecular weight is 292 g/mol. The van der Waals surface area contributed by atoms with Crippen molar-refractivity contribution in [3.63, 3.8) is 0 Å². The molecule has 1 aromatic carbocycles. The summed E-state index contributed by atoms with van der Waals surface area (Å²) in [6.45, 7) is 4.00. The highest BCUT2D eigenvalue weighted by atomic mass is 35.5. The van der Waals surface area contributed by atoms with Crippen LogP contribution >= 0.6 is 11.6 Å². The van der Waals surface area contributed by atoms with Crippen molar-refractivity contribution in [2.24, 2.45) is 0 Å². The van der Waals surface area contributed by atoms with Crippen LogP contribution in [0.1, 0.15) is 47.5 Å². The topological polar surface area (TPSA) is 49.9 Å². The van der Waals surface area contributed by atoms with Crippen molar-refractivity contribution in [2.75, 3.05) is 0 Å². The summed E-state index contributed by atoms with van der Waals surface area (Å²) in [4.78, 5) is 26.3. The van der Waals surface area contributed by atoms with Gasteiger partial charge in [-0.1, -0.05) is 25.4 Å². The molecule has 4 heteroatoms. The molecule has 2 aromatic rings. The molecule has 0 radical (unpaired) electrons. The van der Waals surface area contributed by atoms with Crippen molar-refractivity contribution in [3.05, 3.63) is 58.9 Å². The van der Waals surface area contributed by atoms with E-state index in [2.05, 4.69) is 4.98 Å². The molecule has 0 fully saturated rings. The molecule has 0 aliphatic rings. The molecular weight excluding hydrogens is 274 g/mol. The predicted molar refractivity (Wildman–Crippen MR) is 81.5 cm³/mol. The van der Waals surface area contributed by atoms with E-state index >= 15 is 0 Å². The van der Waals surface area contributed by atoms with Crippen LogP contribution in [-0.4, -0.2) is 16.6 Å². The zero-order valence-electron chi connectivity index (χ0n) is 11.7. The molecule has 2 rings (SSSR count). The Kier molecular flexibility index (Phi) is 6.74. The van der Waals surface area contributed by atoms with E-state index in [0.29, 0.717) is 16.3 Å². The van der Waals surface area contributed by atoms with Gasteiger partial charge in [-0.2, -0.15) is 0 Å². The number of aromatic amines is 1. The van der Waals surface area contributed by atoms with Crippen molar-refractivity contribution in [3.8, 4) is 0 Å². The standard InChI is InChI=1S/C14H12ClNO2.C2H6/c15-11-5-3-10(4-6-11)13(17)7-8-14(18)12-2-1-9-16-12;1-2/h1-6,9,16H,7-8H2;1-2H3. The molecule has 0 unspecified atom stereocenters. The summed E-state index contributed by atoms with van der Waals surface area (Å²) in [5, 5.41) is 0.592. The number of benzene rings is 1. The molecule has 0 saturated carbocycles. The van der Waals surface area contributed by atoms with Gasteiger partial charge < -0.3 is 4.98 Å². The Hall–Kier alpha value is -1.87. The summed E-state index contributed by atoms with van der Waals surface area (Å²) in [7, 11) is 0. The Morgan fingerprint density at radius 1 is 1.00 bits per heavy atom. The summed E-state index contributed by atoms with van der Waals surface area (Å²) < 4.78 is 0. The maximum absolute atomic E-state index is 11.8. The van der Waals surface area contributed by atoms with E-state index in [-0.39, 0.29) is 24.4 Å². The van der Waals surface area contributed by atoms with Crippen molar-refractivity contribution >= 4 is 23.2 Å². The van der Waals surface area contributed by atoms with Gasteiger partial charge in [0.05, 0.1) is 5.69 Å². The van der Waals surface area contributed by atoms with Gasteiger partial charge in [0.25, 0.3) is 0 Å². The Balaban J connectivity index is 0.000000956. The molecule has 0 saturated heterocycles. The van der Waals surface area contributed by atoms with Gasteiger partial charge >= 0.3 is 0 Å². The number of ketones is 2. The van der Waals surface area contributed by atoms with Crippen LogP contribution in [0.15, 0.2) is 42.6 Å². The first-order valence-electron chi connectivity index (χ1n) is 6.62. The summed E-state index contributed by atoms with van der Waals surface area (Å²) in [6, 6.07) is 10.1. The molecular formula is C16H18ClNO2. The summed E-state index contributed by atoms with van der Waals surface area (Å²) in [5.41, 5.74) is 1.12. The molecule has 0 spiro atoms. The lowest BCUT2D eigenvalue weighted by Gasteiger charge is -2.00. The van der Waals surface area contributed by atoms with Gasteiger partial charge in [0.2, 0.25) is 0 Å². The SMILES string of the molecule is CC.O=C(CCC(=O)c1ccc[nH]1)c1ccc(Cl)cc1. The van der Waals surface area contributed by atoms with Crippen LogP contribution < -0.4 is 0 Å². The summed E-state index contributed by atoms with van der Waals surface area (Å²) in [6.07, 6.45) is 2.11. The number of rotatable bonds is 5. The van der Waals surface area contributed by atoms with Gasteiger partial charge in [0.15, 0.2) is 11.6 Å². The van der Waals surface area contributed by atoms with E-state index in [9.17, 15) is 9.59 Å². The second-order valence-electron chi connectivity index (χ2n) is 3.94. The highest BCUT2D eigenvalue weighted by Gasteiger charge is 2.11. The van der Waals surface area contributed by atoms with Gasteiger partial charge in [-0.3, -0.25) is 9.59 Å². The molecule has 106 valence electrons. The first kappa shape index (κ1) is 16.2. The molecule has 3 nitrogen and oxygen atoms in total. The third-order valence-corrected chi connectivity index (χ3v) is 2.90. The van der Waals surface area contributed by atoms with Crippen molar-refractivity contribution in [1.82, 2.24) is 4.98 Å². The molecule has 0 atom stereocenters. The summed E-state index contributed by atoms with van der Waals surface area (Å²) >= 11 is 5.74. The number of carbonyl (C=O) groups excluding carboxylic acids is 2. The van der Waals surface area contributed by atoms with Crippen LogP contribution in [0.25, 0.3) is 0 Å². The molecule has 1 heterocycles. The van der Waals surface area contributed by atoms with E-state index in [1.54, 1.807) is 42.6 Å². The predicted octanol–water partition coefficient (Wildman–Crippen LogP) is 4.54. The van der Waals surface area contributed by atoms with Gasteiger partial charge in [0.1, 0.15) is 0 Å². The minimum absolute atomic E-state index is 0.0495. The van der Waals surface area contributed by atoms with Crippen LogP contribution in [0.2, 0.25) is 5.02 Å². The minimum Gasteiger partial charge on any atom is -0.359 e. The number of hydrogen-bond donors (Lipinski definition) is 1. The van der Waals surface area contributed by atoms with Gasteiger partial charge in [0, 0.05) is 29.6 Å². The van der Waals surface area contributed by atoms with Crippen LogP contribution in [0.5, 0.6) is 0 Å². The normalized spacial score (nSPS) is 9.55. The zero-order chi connectivity index (χ0) is 15.0. The molecule has 0 aliphatic carbocycles. The molecule has 20 heavy (non-hydrogen) atoms. The third-order valence-electron chi connectivity index (χ3n) is 2.64. The fourth-order valence-electron chi connectivity index (χ4n) is 1.65. The second-order valence-corrected chi connectivity index (χ2v) is 4.37. The Labute approximate surface area is 124 Å². The monoisotopic (exact) mass is 291 g/mol. The Bertz CT molecular complexity index is 544. The average Bonchev–Trinajstić information content (AvgIpc) is 3.01. The quantitative estimate of drug-likeness (QED) is 0.822. The molecule has 1 aromatic heterocycles. The Morgan fingerprint density at radius 2 is 1.60 bits per heavy atom. The summed E-state index contributed by atoms with van der Waals surface area (Å²) in [5.74, 6) is -0.103. The fraction of sp³-hybridized carbons (Fsp3) is 0.250. The number of H-pyrrole nitrogens is 1. The van der Waals surface area contributed by atoms with E-state index in [1.165, 1.54) is 0 Å². The first-order valence-corrected chi connectivity index (χ1v) is 7.00. The van der Waals surface area contributed by atoms with Crippen LogP contribution in [0.4, 0.5) is 0 Å². The largest absolute Gasteiger partial charge is 0.359 e. The lowest BCUT2D eigenvalue weighted by molar-refractivity contribution is 0.0915. The highest BCUT2D eigenvalue weighted by Crippen LogP contribution is 2.12. The third kappa shape index (κ3) is 4.67. The molecule has 0 amide bonds. The smallest absolute Gasteiger partial charge is 0.179 e. The maximum Gasteiger partial charge on any atom is 0.179 e. The number of hydrogen-bond acceptors (Lipinski definition) is 2. The van der Waals surface area contributed by atoms with Crippen molar-refractivity contribution in [1.29, 1.82) is 0 Å².